The zero-order valence-electron chi connectivity index (χ0n) is 11.0. The molecule has 1 atom stereocenters. The van der Waals surface area contributed by atoms with Crippen LogP contribution in [0.4, 0.5) is 4.39 Å². The lowest BCUT2D eigenvalue weighted by Crippen LogP contribution is -2.40. The van der Waals surface area contributed by atoms with Crippen molar-refractivity contribution in [3.63, 3.8) is 0 Å². The lowest BCUT2D eigenvalue weighted by atomic mass is 10.0. The van der Waals surface area contributed by atoms with Gasteiger partial charge in [0.2, 0.25) is 0 Å². The molecular weight excluding hydrogens is 225 g/mol. The van der Waals surface area contributed by atoms with E-state index in [0.717, 1.165) is 23.8 Å². The van der Waals surface area contributed by atoms with Crippen LogP contribution in [0.5, 0.6) is 0 Å². The Bertz CT molecular complexity index is 397. The van der Waals surface area contributed by atoms with Gasteiger partial charge in [-0.2, -0.15) is 0 Å². The van der Waals surface area contributed by atoms with E-state index in [4.69, 9.17) is 0 Å². The third-order valence-corrected chi connectivity index (χ3v) is 4.22. The largest absolute Gasteiger partial charge is 0.311 e. The zero-order valence-corrected chi connectivity index (χ0v) is 11.0. The van der Waals surface area contributed by atoms with E-state index in [1.807, 2.05) is 12.1 Å². The first-order valence-corrected chi connectivity index (χ1v) is 7.23. The van der Waals surface area contributed by atoms with Gasteiger partial charge in [0.05, 0.1) is 0 Å². The topological polar surface area (TPSA) is 12.0 Å². The molecule has 18 heavy (non-hydrogen) atoms. The van der Waals surface area contributed by atoms with Gasteiger partial charge in [0, 0.05) is 12.1 Å². The van der Waals surface area contributed by atoms with E-state index in [9.17, 15) is 4.39 Å². The van der Waals surface area contributed by atoms with Gasteiger partial charge < -0.3 is 5.32 Å². The maximum atomic E-state index is 13.6. The summed E-state index contributed by atoms with van der Waals surface area (Å²) in [5.74, 6) is 1.74. The van der Waals surface area contributed by atoms with Crippen molar-refractivity contribution in [3.8, 4) is 0 Å². The summed E-state index contributed by atoms with van der Waals surface area (Å²) < 4.78 is 13.6. The first-order valence-electron chi connectivity index (χ1n) is 7.23. The van der Waals surface area contributed by atoms with E-state index in [1.54, 1.807) is 12.1 Å². The molecule has 3 rings (SSSR count). The number of benzene rings is 1. The van der Waals surface area contributed by atoms with Crippen molar-refractivity contribution in [3.05, 3.63) is 35.6 Å². The van der Waals surface area contributed by atoms with Crippen molar-refractivity contribution in [1.29, 1.82) is 0 Å². The van der Waals surface area contributed by atoms with Crippen LogP contribution in [-0.4, -0.2) is 12.1 Å². The van der Waals surface area contributed by atoms with Crippen molar-refractivity contribution >= 4 is 0 Å². The van der Waals surface area contributed by atoms with Crippen molar-refractivity contribution in [2.24, 2.45) is 11.8 Å². The number of nitrogens with one attached hydrogen (secondary N) is 1. The molecule has 0 saturated heterocycles. The summed E-state index contributed by atoms with van der Waals surface area (Å²) in [6.45, 7) is 2.18. The summed E-state index contributed by atoms with van der Waals surface area (Å²) in [7, 11) is 0. The van der Waals surface area contributed by atoms with Crippen molar-refractivity contribution < 1.29 is 4.39 Å². The van der Waals surface area contributed by atoms with Crippen LogP contribution in [0.15, 0.2) is 24.3 Å². The molecule has 0 heterocycles. The van der Waals surface area contributed by atoms with Gasteiger partial charge in [-0.25, -0.2) is 4.39 Å². The van der Waals surface area contributed by atoms with Gasteiger partial charge in [-0.05, 0) is 62.5 Å². The Morgan fingerprint density at radius 1 is 1.17 bits per heavy atom. The number of hydrogen-bond acceptors (Lipinski definition) is 1. The first kappa shape index (κ1) is 12.2. The van der Waals surface area contributed by atoms with Crippen LogP contribution in [0, 0.1) is 17.7 Å². The number of rotatable bonds is 6. The molecule has 2 aliphatic carbocycles. The fourth-order valence-electron chi connectivity index (χ4n) is 2.95. The Kier molecular flexibility index (Phi) is 3.38. The Morgan fingerprint density at radius 2 is 1.78 bits per heavy atom. The van der Waals surface area contributed by atoms with Crippen LogP contribution < -0.4 is 5.32 Å². The van der Waals surface area contributed by atoms with E-state index in [2.05, 4.69) is 12.2 Å². The molecule has 0 radical (unpaired) electrons. The second-order valence-corrected chi connectivity index (χ2v) is 6.06. The Hall–Kier alpha value is -0.890. The van der Waals surface area contributed by atoms with E-state index < -0.39 is 0 Å². The highest BCUT2D eigenvalue weighted by atomic mass is 19.1. The molecule has 1 aromatic rings. The third-order valence-electron chi connectivity index (χ3n) is 4.22. The van der Waals surface area contributed by atoms with Crippen LogP contribution in [0.25, 0.3) is 0 Å². The molecule has 0 bridgehead atoms. The first-order chi connectivity index (χ1) is 8.74. The molecule has 2 heteroatoms. The fraction of sp³-hybridized carbons (Fsp3) is 0.625. The van der Waals surface area contributed by atoms with Gasteiger partial charge in [0.1, 0.15) is 5.82 Å². The molecule has 1 unspecified atom stereocenters. The molecule has 1 aromatic carbocycles. The Labute approximate surface area is 109 Å². The van der Waals surface area contributed by atoms with Crippen LogP contribution in [0.1, 0.15) is 38.2 Å². The second kappa shape index (κ2) is 5.00. The molecule has 2 saturated carbocycles. The molecule has 0 amide bonds. The molecule has 0 aliphatic heterocycles. The highest BCUT2D eigenvalue weighted by Crippen LogP contribution is 2.44. The Balaban J connectivity index is 1.57. The normalized spacial score (nSPS) is 21.3. The van der Waals surface area contributed by atoms with E-state index in [1.165, 1.54) is 25.7 Å². The fourth-order valence-corrected chi connectivity index (χ4v) is 2.95. The van der Waals surface area contributed by atoms with E-state index >= 15 is 0 Å². The quantitative estimate of drug-likeness (QED) is 0.811. The summed E-state index contributed by atoms with van der Waals surface area (Å²) in [5.41, 5.74) is 0.836. The van der Waals surface area contributed by atoms with Gasteiger partial charge in [0.15, 0.2) is 0 Å². The molecular formula is C16H22FN. The molecule has 98 valence electrons. The molecule has 1 nitrogen and oxygen atoms in total. The maximum Gasteiger partial charge on any atom is 0.126 e. The van der Waals surface area contributed by atoms with Crippen LogP contribution in [0.3, 0.4) is 0 Å². The Morgan fingerprint density at radius 3 is 2.33 bits per heavy atom. The van der Waals surface area contributed by atoms with Crippen molar-refractivity contribution in [1.82, 2.24) is 5.32 Å². The summed E-state index contributed by atoms with van der Waals surface area (Å²) >= 11 is 0. The summed E-state index contributed by atoms with van der Waals surface area (Å²) in [4.78, 5) is 0. The van der Waals surface area contributed by atoms with Gasteiger partial charge >= 0.3 is 0 Å². The average molecular weight is 247 g/mol. The molecule has 0 spiro atoms. The van der Waals surface area contributed by atoms with Crippen molar-refractivity contribution in [2.45, 2.75) is 51.1 Å². The maximum absolute atomic E-state index is 13.6. The molecule has 2 aliphatic rings. The third kappa shape index (κ3) is 2.92. The minimum Gasteiger partial charge on any atom is -0.311 e. The van der Waals surface area contributed by atoms with Crippen LogP contribution in [-0.2, 0) is 6.42 Å². The second-order valence-electron chi connectivity index (χ2n) is 6.06. The highest BCUT2D eigenvalue weighted by Gasteiger charge is 2.41. The zero-order chi connectivity index (χ0) is 12.5. The predicted octanol–water partition coefficient (Wildman–Crippen LogP) is 3.53. The summed E-state index contributed by atoms with van der Waals surface area (Å²) in [6.07, 6.45) is 6.35. The van der Waals surface area contributed by atoms with Crippen LogP contribution in [0.2, 0.25) is 0 Å². The molecule has 0 aromatic heterocycles. The standard InChI is InChI=1S/C16H22FN/c1-11(10-14-4-2-3-5-15(14)17)18-16(12-6-7-12)13-8-9-13/h2-5,11-13,16,18H,6-10H2,1H3. The summed E-state index contributed by atoms with van der Waals surface area (Å²) in [6, 6.07) is 8.20. The SMILES string of the molecule is CC(Cc1ccccc1F)NC(C1CC1)C1CC1. The number of hydrogen-bond donors (Lipinski definition) is 1. The molecule has 2 fully saturated rings. The lowest BCUT2D eigenvalue weighted by Gasteiger charge is -2.23. The van der Waals surface area contributed by atoms with E-state index in [-0.39, 0.29) is 5.82 Å². The predicted molar refractivity (Wildman–Crippen MR) is 71.9 cm³/mol. The minimum absolute atomic E-state index is 0.0689. The van der Waals surface area contributed by atoms with Gasteiger partial charge in [-0.1, -0.05) is 18.2 Å². The van der Waals surface area contributed by atoms with Crippen LogP contribution >= 0.6 is 0 Å². The minimum atomic E-state index is -0.0689. The molecule has 1 N–H and O–H groups in total. The monoisotopic (exact) mass is 247 g/mol. The van der Waals surface area contributed by atoms with Gasteiger partial charge in [0.25, 0.3) is 0 Å². The number of halogens is 1. The van der Waals surface area contributed by atoms with Gasteiger partial charge in [-0.15, -0.1) is 0 Å². The highest BCUT2D eigenvalue weighted by molar-refractivity contribution is 5.18. The smallest absolute Gasteiger partial charge is 0.126 e. The summed E-state index contributed by atoms with van der Waals surface area (Å²) in [5, 5.41) is 3.75. The van der Waals surface area contributed by atoms with Crippen molar-refractivity contribution in [2.75, 3.05) is 0 Å². The van der Waals surface area contributed by atoms with E-state index in [0.29, 0.717) is 12.1 Å². The lowest BCUT2D eigenvalue weighted by molar-refractivity contribution is 0.369. The van der Waals surface area contributed by atoms with Gasteiger partial charge in [-0.3, -0.25) is 0 Å². The average Bonchev–Trinajstić information content (AvgIpc) is 3.22.